The number of piperidine rings is 2. The number of urea groups is 1. The molecule has 3 N–H and O–H groups in total. The van der Waals surface area contributed by atoms with Gasteiger partial charge in [0.1, 0.15) is 5.82 Å². The zero-order chi connectivity index (χ0) is 17.8. The highest BCUT2D eigenvalue weighted by Gasteiger charge is 2.30. The van der Waals surface area contributed by atoms with Crippen molar-refractivity contribution in [3.63, 3.8) is 0 Å². The van der Waals surface area contributed by atoms with Crippen LogP contribution in [-0.2, 0) is 4.79 Å². The molecule has 3 amide bonds. The number of amides is 3. The van der Waals surface area contributed by atoms with Gasteiger partial charge in [0.05, 0.1) is 5.92 Å². The summed E-state index contributed by atoms with van der Waals surface area (Å²) in [5.74, 6) is -0.472. The van der Waals surface area contributed by atoms with Crippen LogP contribution in [0.3, 0.4) is 0 Å². The number of nitrogens with two attached hydrogens (primary N) is 1. The molecule has 6 nitrogen and oxygen atoms in total. The fourth-order valence-electron chi connectivity index (χ4n) is 3.71. The first-order valence-electron chi connectivity index (χ1n) is 8.88. The summed E-state index contributed by atoms with van der Waals surface area (Å²) in [5, 5.41) is 3.11. The van der Waals surface area contributed by atoms with Gasteiger partial charge in [0.2, 0.25) is 5.91 Å². The first-order valence-corrected chi connectivity index (χ1v) is 8.88. The average molecular weight is 348 g/mol. The Kier molecular flexibility index (Phi) is 5.40. The van der Waals surface area contributed by atoms with E-state index in [1.165, 1.54) is 17.0 Å². The third-order valence-electron chi connectivity index (χ3n) is 5.04. The van der Waals surface area contributed by atoms with Crippen molar-refractivity contribution in [2.45, 2.75) is 31.7 Å². The lowest BCUT2D eigenvalue weighted by molar-refractivity contribution is -0.127. The van der Waals surface area contributed by atoms with Crippen molar-refractivity contribution >= 4 is 17.6 Å². The summed E-state index contributed by atoms with van der Waals surface area (Å²) in [4.78, 5) is 27.5. The predicted octanol–water partition coefficient (Wildman–Crippen LogP) is 1.70. The number of halogens is 1. The van der Waals surface area contributed by atoms with Gasteiger partial charge < -0.3 is 20.9 Å². The monoisotopic (exact) mass is 348 g/mol. The van der Waals surface area contributed by atoms with Gasteiger partial charge in [0, 0.05) is 37.9 Å². The molecule has 2 aliphatic heterocycles. The molecule has 1 aromatic rings. The number of hydrogen-bond donors (Lipinski definition) is 2. The van der Waals surface area contributed by atoms with Crippen LogP contribution in [0, 0.1) is 11.7 Å². The van der Waals surface area contributed by atoms with Crippen LogP contribution in [0.1, 0.15) is 25.7 Å². The second kappa shape index (κ2) is 7.72. The maximum Gasteiger partial charge on any atom is 0.314 e. The van der Waals surface area contributed by atoms with Gasteiger partial charge in [-0.2, -0.15) is 0 Å². The summed E-state index contributed by atoms with van der Waals surface area (Å²) < 4.78 is 13.4. The molecule has 3 rings (SSSR count). The maximum absolute atomic E-state index is 13.4. The largest absolute Gasteiger partial charge is 0.369 e. The van der Waals surface area contributed by atoms with Crippen molar-refractivity contribution in [1.29, 1.82) is 0 Å². The Hall–Kier alpha value is -2.31. The summed E-state index contributed by atoms with van der Waals surface area (Å²) in [7, 11) is 0. The fraction of sp³-hybridized carbons (Fsp3) is 0.556. The van der Waals surface area contributed by atoms with Gasteiger partial charge in [-0.1, -0.05) is 6.07 Å². The van der Waals surface area contributed by atoms with Crippen LogP contribution < -0.4 is 16.0 Å². The van der Waals surface area contributed by atoms with E-state index in [2.05, 4.69) is 10.2 Å². The Bertz CT molecular complexity index is 639. The molecule has 0 saturated carbocycles. The van der Waals surface area contributed by atoms with Gasteiger partial charge in [-0.05, 0) is 43.9 Å². The van der Waals surface area contributed by atoms with E-state index in [-0.39, 0.29) is 23.7 Å². The SMILES string of the molecule is NC(=O)N1CCC[C@H](C(=O)N[C@@H]2CCCN(c3cccc(F)c3)C2)C1. The summed E-state index contributed by atoms with van der Waals surface area (Å²) in [6, 6.07) is 6.11. The molecule has 0 spiro atoms. The smallest absolute Gasteiger partial charge is 0.314 e. The number of nitrogens with zero attached hydrogens (tertiary/aromatic N) is 2. The molecule has 0 unspecified atom stereocenters. The number of likely N-dealkylation sites (tertiary alicyclic amines) is 1. The van der Waals surface area contributed by atoms with Crippen LogP contribution in [0.4, 0.5) is 14.9 Å². The van der Waals surface area contributed by atoms with Crippen LogP contribution in [-0.4, -0.2) is 49.1 Å². The van der Waals surface area contributed by atoms with Crippen LogP contribution in [0.25, 0.3) is 0 Å². The Morgan fingerprint density at radius 1 is 1.16 bits per heavy atom. The van der Waals surface area contributed by atoms with Crippen molar-refractivity contribution in [3.8, 4) is 0 Å². The molecular formula is C18H25FN4O2. The number of carbonyl (C=O) groups excluding carboxylic acids is 2. The van der Waals surface area contributed by atoms with Gasteiger partial charge in [-0.3, -0.25) is 4.79 Å². The molecule has 2 saturated heterocycles. The number of carbonyl (C=O) groups is 2. The zero-order valence-electron chi connectivity index (χ0n) is 14.3. The van der Waals surface area contributed by atoms with Crippen LogP contribution in [0.5, 0.6) is 0 Å². The highest BCUT2D eigenvalue weighted by atomic mass is 19.1. The quantitative estimate of drug-likeness (QED) is 0.873. The Morgan fingerprint density at radius 3 is 2.72 bits per heavy atom. The van der Waals surface area contributed by atoms with Crippen molar-refractivity contribution < 1.29 is 14.0 Å². The van der Waals surface area contributed by atoms with Gasteiger partial charge >= 0.3 is 6.03 Å². The molecule has 25 heavy (non-hydrogen) atoms. The van der Waals surface area contributed by atoms with Crippen LogP contribution in [0.15, 0.2) is 24.3 Å². The Labute approximate surface area is 147 Å². The van der Waals surface area contributed by atoms with Crippen molar-refractivity contribution in [3.05, 3.63) is 30.1 Å². The number of primary amides is 1. The van der Waals surface area contributed by atoms with Crippen molar-refractivity contribution in [2.75, 3.05) is 31.1 Å². The first-order chi connectivity index (χ1) is 12.0. The molecule has 2 heterocycles. The van der Waals surface area contributed by atoms with Crippen molar-refractivity contribution in [2.24, 2.45) is 11.7 Å². The van der Waals surface area contributed by atoms with Gasteiger partial charge in [0.15, 0.2) is 0 Å². The van der Waals surface area contributed by atoms with Crippen LogP contribution >= 0.6 is 0 Å². The molecule has 0 radical (unpaired) electrons. The summed E-state index contributed by atoms with van der Waals surface area (Å²) >= 11 is 0. The number of nitrogens with one attached hydrogen (secondary N) is 1. The molecule has 0 aromatic heterocycles. The second-order valence-corrected chi connectivity index (χ2v) is 6.90. The molecule has 2 atom stereocenters. The van der Waals surface area contributed by atoms with E-state index >= 15 is 0 Å². The van der Waals surface area contributed by atoms with Gasteiger partial charge in [-0.15, -0.1) is 0 Å². The van der Waals surface area contributed by atoms with E-state index in [4.69, 9.17) is 5.73 Å². The molecule has 1 aromatic carbocycles. The molecule has 2 fully saturated rings. The van der Waals surface area contributed by atoms with Gasteiger partial charge in [-0.25, -0.2) is 9.18 Å². The summed E-state index contributed by atoms with van der Waals surface area (Å²) in [6.07, 6.45) is 3.42. The third-order valence-corrected chi connectivity index (χ3v) is 5.04. The number of anilines is 1. The Morgan fingerprint density at radius 2 is 1.96 bits per heavy atom. The van der Waals surface area contributed by atoms with E-state index in [1.807, 2.05) is 6.07 Å². The first kappa shape index (κ1) is 17.5. The number of benzene rings is 1. The maximum atomic E-state index is 13.4. The fourth-order valence-corrected chi connectivity index (χ4v) is 3.71. The van der Waals surface area contributed by atoms with E-state index < -0.39 is 6.03 Å². The average Bonchev–Trinajstić information content (AvgIpc) is 2.62. The van der Waals surface area contributed by atoms with Crippen molar-refractivity contribution in [1.82, 2.24) is 10.2 Å². The van der Waals surface area contributed by atoms with Crippen LogP contribution in [0.2, 0.25) is 0 Å². The molecule has 136 valence electrons. The number of hydrogen-bond acceptors (Lipinski definition) is 3. The minimum atomic E-state index is -0.465. The normalized spacial score (nSPS) is 24.0. The molecule has 0 aliphatic carbocycles. The molecule has 0 bridgehead atoms. The lowest BCUT2D eigenvalue weighted by atomic mass is 9.96. The third kappa shape index (κ3) is 4.41. The summed E-state index contributed by atoms with van der Waals surface area (Å²) in [6.45, 7) is 2.54. The zero-order valence-corrected chi connectivity index (χ0v) is 14.3. The van der Waals surface area contributed by atoms with E-state index in [9.17, 15) is 14.0 Å². The topological polar surface area (TPSA) is 78.7 Å². The van der Waals surface area contributed by atoms with E-state index in [0.29, 0.717) is 19.6 Å². The Balaban J connectivity index is 1.57. The molecule has 2 aliphatic rings. The minimum Gasteiger partial charge on any atom is -0.369 e. The predicted molar refractivity (Wildman–Crippen MR) is 93.7 cm³/mol. The standard InChI is InChI=1S/C18H25FN4O2/c19-14-5-1-7-16(10-14)22-8-3-6-15(12-22)21-17(24)13-4-2-9-23(11-13)18(20)25/h1,5,7,10,13,15H,2-4,6,8-9,11-12H2,(H2,20,25)(H,21,24)/t13-,15+/m0/s1. The minimum absolute atomic E-state index is 0.0166. The summed E-state index contributed by atoms with van der Waals surface area (Å²) in [5.41, 5.74) is 6.17. The van der Waals surface area contributed by atoms with E-state index in [0.717, 1.165) is 37.9 Å². The molecule has 7 heteroatoms. The number of rotatable bonds is 3. The van der Waals surface area contributed by atoms with E-state index in [1.54, 1.807) is 6.07 Å². The lowest BCUT2D eigenvalue weighted by Gasteiger charge is -2.36. The molecular weight excluding hydrogens is 323 g/mol. The highest BCUT2D eigenvalue weighted by molar-refractivity contribution is 5.80. The highest BCUT2D eigenvalue weighted by Crippen LogP contribution is 2.22. The lowest BCUT2D eigenvalue weighted by Crippen LogP contribution is -2.52. The second-order valence-electron chi connectivity index (χ2n) is 6.90. The van der Waals surface area contributed by atoms with Gasteiger partial charge in [0.25, 0.3) is 0 Å².